The number of nitriles is 2. The lowest BCUT2D eigenvalue weighted by Gasteiger charge is -2.40. The maximum atomic E-state index is 13.7. The molecule has 0 aliphatic carbocycles. The zero-order valence-corrected chi connectivity index (χ0v) is 23.6. The van der Waals surface area contributed by atoms with Crippen LogP contribution >= 0.6 is 0 Å². The van der Waals surface area contributed by atoms with Gasteiger partial charge in [0.15, 0.2) is 0 Å². The molecule has 0 spiro atoms. The van der Waals surface area contributed by atoms with E-state index in [-0.39, 0.29) is 11.9 Å². The number of carbonyl (C=O) groups is 1. The van der Waals surface area contributed by atoms with Crippen LogP contribution in [0.1, 0.15) is 51.1 Å². The third-order valence-corrected chi connectivity index (χ3v) is 8.45. The number of anilines is 2. The maximum absolute atomic E-state index is 13.7. The van der Waals surface area contributed by atoms with Crippen LogP contribution in [0.3, 0.4) is 0 Å². The first-order chi connectivity index (χ1) is 19.4. The summed E-state index contributed by atoms with van der Waals surface area (Å²) in [5, 5.41) is 19.0. The summed E-state index contributed by atoms with van der Waals surface area (Å²) in [4.78, 5) is 22.6. The average Bonchev–Trinajstić information content (AvgIpc) is 3.00. The molecular formula is C33H36N6O. The van der Waals surface area contributed by atoms with E-state index in [4.69, 9.17) is 0 Å². The number of amides is 1. The van der Waals surface area contributed by atoms with Gasteiger partial charge in [-0.1, -0.05) is 30.3 Å². The summed E-state index contributed by atoms with van der Waals surface area (Å²) in [6, 6.07) is 24.5. The molecular weight excluding hydrogens is 496 g/mol. The lowest BCUT2D eigenvalue weighted by Crippen LogP contribution is -2.49. The SMILES string of the molecule is Cc1cc(C)c([C@@H](C)N2CCN(c3ccccc3C#N)CC2)cc1C(=O)N1CCN(c2ccccc2C#N)CC1. The highest BCUT2D eigenvalue weighted by molar-refractivity contribution is 5.96. The molecule has 5 rings (SSSR count). The average molecular weight is 533 g/mol. The van der Waals surface area contributed by atoms with E-state index in [1.165, 1.54) is 11.1 Å². The van der Waals surface area contributed by atoms with E-state index in [1.54, 1.807) is 0 Å². The van der Waals surface area contributed by atoms with Gasteiger partial charge in [0.2, 0.25) is 0 Å². The number of aryl methyl sites for hydroxylation is 2. The molecule has 0 unspecified atom stereocenters. The highest BCUT2D eigenvalue weighted by Gasteiger charge is 2.28. The fraction of sp³-hybridized carbons (Fsp3) is 0.364. The molecule has 0 radical (unpaired) electrons. The van der Waals surface area contributed by atoms with E-state index in [1.807, 2.05) is 60.4 Å². The van der Waals surface area contributed by atoms with Crippen LogP contribution in [0.4, 0.5) is 11.4 Å². The van der Waals surface area contributed by atoms with Crippen LogP contribution in [-0.2, 0) is 0 Å². The maximum Gasteiger partial charge on any atom is 0.254 e. The monoisotopic (exact) mass is 532 g/mol. The highest BCUT2D eigenvalue weighted by Crippen LogP contribution is 2.30. The van der Waals surface area contributed by atoms with Crippen LogP contribution in [0.2, 0.25) is 0 Å². The van der Waals surface area contributed by atoms with Crippen molar-refractivity contribution in [3.05, 3.63) is 94.0 Å². The molecule has 0 aromatic heterocycles. The van der Waals surface area contributed by atoms with Crippen LogP contribution in [-0.4, -0.2) is 68.1 Å². The van der Waals surface area contributed by atoms with E-state index < -0.39 is 0 Å². The molecule has 7 heteroatoms. The highest BCUT2D eigenvalue weighted by atomic mass is 16.2. The van der Waals surface area contributed by atoms with Crippen LogP contribution in [0.5, 0.6) is 0 Å². The standard InChI is InChI=1S/C33H36N6O/c1-24-20-25(2)30(33(40)39-18-16-38(17-19-39)32-11-7-5-9-28(32)23-35)21-29(24)26(3)36-12-14-37(15-13-36)31-10-6-4-8-27(31)22-34/h4-11,20-21,26H,12-19H2,1-3H3/t26-/m1/s1. The molecule has 0 bridgehead atoms. The van der Waals surface area contributed by atoms with Gasteiger partial charge in [-0.25, -0.2) is 0 Å². The normalized spacial score (nSPS) is 16.8. The summed E-state index contributed by atoms with van der Waals surface area (Å²) in [6.45, 7) is 12.6. The molecule has 0 saturated carbocycles. The second-order valence-electron chi connectivity index (χ2n) is 10.8. The quantitative estimate of drug-likeness (QED) is 0.466. The fourth-order valence-electron chi connectivity index (χ4n) is 6.10. The third-order valence-electron chi connectivity index (χ3n) is 8.45. The summed E-state index contributed by atoms with van der Waals surface area (Å²) in [7, 11) is 0. The Bertz CT molecular complexity index is 1470. The summed E-state index contributed by atoms with van der Waals surface area (Å²) < 4.78 is 0. The van der Waals surface area contributed by atoms with Crippen LogP contribution in [0.25, 0.3) is 0 Å². The molecule has 2 aliphatic rings. The molecule has 204 valence electrons. The third kappa shape index (κ3) is 5.39. The molecule has 3 aromatic rings. The summed E-state index contributed by atoms with van der Waals surface area (Å²) in [5.41, 5.74) is 7.53. The van der Waals surface area contributed by atoms with Gasteiger partial charge < -0.3 is 14.7 Å². The summed E-state index contributed by atoms with van der Waals surface area (Å²) in [6.07, 6.45) is 0. The van der Waals surface area contributed by atoms with Gasteiger partial charge in [0.05, 0.1) is 22.5 Å². The minimum Gasteiger partial charge on any atom is -0.368 e. The number of piperazine rings is 2. The fourth-order valence-corrected chi connectivity index (χ4v) is 6.10. The largest absolute Gasteiger partial charge is 0.368 e. The number of benzene rings is 3. The Morgan fingerprint density at radius 3 is 1.75 bits per heavy atom. The summed E-state index contributed by atoms with van der Waals surface area (Å²) in [5.74, 6) is 0.0806. The molecule has 2 heterocycles. The molecule has 2 fully saturated rings. The van der Waals surface area contributed by atoms with E-state index in [9.17, 15) is 15.3 Å². The van der Waals surface area contributed by atoms with Crippen molar-refractivity contribution in [1.82, 2.24) is 9.80 Å². The first-order valence-corrected chi connectivity index (χ1v) is 14.0. The van der Waals surface area contributed by atoms with Gasteiger partial charge in [0.1, 0.15) is 12.1 Å². The Kier molecular flexibility index (Phi) is 8.05. The van der Waals surface area contributed by atoms with Crippen molar-refractivity contribution in [2.45, 2.75) is 26.8 Å². The minimum absolute atomic E-state index is 0.0806. The van der Waals surface area contributed by atoms with Crippen molar-refractivity contribution in [2.75, 3.05) is 62.2 Å². The van der Waals surface area contributed by atoms with Gasteiger partial charge in [0, 0.05) is 64.0 Å². The molecule has 2 aliphatic heterocycles. The summed E-state index contributed by atoms with van der Waals surface area (Å²) >= 11 is 0. The van der Waals surface area contributed by atoms with E-state index in [2.05, 4.69) is 52.8 Å². The number of para-hydroxylation sites is 2. The first-order valence-electron chi connectivity index (χ1n) is 14.0. The number of nitrogens with zero attached hydrogens (tertiary/aromatic N) is 6. The van der Waals surface area contributed by atoms with Crippen LogP contribution < -0.4 is 9.80 Å². The van der Waals surface area contributed by atoms with Crippen molar-refractivity contribution in [3.8, 4) is 12.1 Å². The number of hydrogen-bond acceptors (Lipinski definition) is 6. The molecule has 3 aromatic carbocycles. The van der Waals surface area contributed by atoms with E-state index in [0.29, 0.717) is 31.7 Å². The van der Waals surface area contributed by atoms with Crippen molar-refractivity contribution in [3.63, 3.8) is 0 Å². The topological polar surface area (TPSA) is 77.6 Å². The Morgan fingerprint density at radius 2 is 1.23 bits per heavy atom. The van der Waals surface area contributed by atoms with Gasteiger partial charge in [-0.2, -0.15) is 10.5 Å². The van der Waals surface area contributed by atoms with Crippen molar-refractivity contribution >= 4 is 17.3 Å². The zero-order chi connectivity index (χ0) is 28.2. The van der Waals surface area contributed by atoms with Gasteiger partial charge in [-0.05, 0) is 67.8 Å². The zero-order valence-electron chi connectivity index (χ0n) is 23.6. The number of rotatable bonds is 5. The molecule has 7 nitrogen and oxygen atoms in total. The van der Waals surface area contributed by atoms with E-state index in [0.717, 1.165) is 54.2 Å². The van der Waals surface area contributed by atoms with Crippen molar-refractivity contribution < 1.29 is 4.79 Å². The van der Waals surface area contributed by atoms with Gasteiger partial charge in [-0.3, -0.25) is 9.69 Å². The Labute approximate surface area is 237 Å². The van der Waals surface area contributed by atoms with Crippen LogP contribution in [0, 0.1) is 36.5 Å². The molecule has 40 heavy (non-hydrogen) atoms. The molecule has 0 N–H and O–H groups in total. The lowest BCUT2D eigenvalue weighted by molar-refractivity contribution is 0.0745. The van der Waals surface area contributed by atoms with Gasteiger partial charge in [0.25, 0.3) is 5.91 Å². The van der Waals surface area contributed by atoms with Crippen molar-refractivity contribution in [1.29, 1.82) is 10.5 Å². The predicted molar refractivity (Wildman–Crippen MR) is 159 cm³/mol. The number of hydrogen-bond donors (Lipinski definition) is 0. The van der Waals surface area contributed by atoms with Gasteiger partial charge in [-0.15, -0.1) is 0 Å². The Balaban J connectivity index is 1.26. The Hall–Kier alpha value is -4.33. The van der Waals surface area contributed by atoms with Crippen LogP contribution in [0.15, 0.2) is 60.7 Å². The lowest BCUT2D eigenvalue weighted by atomic mass is 9.94. The Morgan fingerprint density at radius 1 is 0.725 bits per heavy atom. The molecule has 1 amide bonds. The molecule has 2 saturated heterocycles. The minimum atomic E-state index is 0.0806. The van der Waals surface area contributed by atoms with Crippen molar-refractivity contribution in [2.24, 2.45) is 0 Å². The van der Waals surface area contributed by atoms with Gasteiger partial charge >= 0.3 is 0 Å². The van der Waals surface area contributed by atoms with E-state index >= 15 is 0 Å². The first kappa shape index (κ1) is 27.2. The second kappa shape index (κ2) is 11.8. The second-order valence-corrected chi connectivity index (χ2v) is 10.8. The smallest absolute Gasteiger partial charge is 0.254 e. The predicted octanol–water partition coefficient (Wildman–Crippen LogP) is 4.89. The molecule has 1 atom stereocenters. The number of carbonyl (C=O) groups excluding carboxylic acids is 1.